The van der Waals surface area contributed by atoms with Gasteiger partial charge in [-0.05, 0) is 44.9 Å². The summed E-state index contributed by atoms with van der Waals surface area (Å²) >= 11 is 0. The number of unbranched alkanes of at least 4 members (excludes halogenated alkanes) is 1. The lowest BCUT2D eigenvalue weighted by Gasteiger charge is -2.03. The number of nitrogens with zero attached hydrogens (tertiary/aromatic N) is 1. The largest absolute Gasteiger partial charge is 0.356 e. The third-order valence-corrected chi connectivity index (χ3v) is 4.20. The Morgan fingerprint density at radius 1 is 0.931 bits per heavy atom. The average Bonchev–Trinajstić information content (AvgIpc) is 3.24. The van der Waals surface area contributed by atoms with Crippen LogP contribution in [0.15, 0.2) is 73.3 Å². The van der Waals surface area contributed by atoms with Crippen LogP contribution in [0.3, 0.4) is 0 Å². The van der Waals surface area contributed by atoms with Crippen molar-refractivity contribution >= 4 is 5.91 Å². The summed E-state index contributed by atoms with van der Waals surface area (Å²) in [5.74, 6) is 0.122. The Hall–Kier alpha value is -2.62. The lowest BCUT2D eigenvalue weighted by Crippen LogP contribution is -2.25. The van der Waals surface area contributed by atoms with Crippen molar-refractivity contribution in [2.24, 2.45) is 0 Å². The third kappa shape index (κ3) is 16.1. The molecule has 4 nitrogen and oxygen atoms in total. The number of nitrogens with one attached hydrogen (secondary N) is 2. The SMILES string of the molecule is CC/C=C\C/C=C\C/C=C\C/C=C\C/C=C\CCCC(=O)NCCc1cnc[nH]1. The summed E-state index contributed by atoms with van der Waals surface area (Å²) in [6.07, 6.45) is 33.7. The molecule has 0 aliphatic rings. The van der Waals surface area contributed by atoms with Crippen LogP contribution in [-0.2, 0) is 11.2 Å². The Labute approximate surface area is 176 Å². The van der Waals surface area contributed by atoms with E-state index >= 15 is 0 Å². The van der Waals surface area contributed by atoms with E-state index in [4.69, 9.17) is 0 Å². The van der Waals surface area contributed by atoms with E-state index in [0.717, 1.165) is 57.1 Å². The Morgan fingerprint density at radius 3 is 2.07 bits per heavy atom. The van der Waals surface area contributed by atoms with Gasteiger partial charge in [-0.1, -0.05) is 67.7 Å². The molecular weight excluding hydrogens is 358 g/mol. The number of imidazole rings is 1. The number of carbonyl (C=O) groups is 1. The number of amides is 1. The Kier molecular flexibility index (Phi) is 15.8. The Balaban J connectivity index is 1.91. The molecule has 4 heteroatoms. The molecule has 0 aliphatic heterocycles. The van der Waals surface area contributed by atoms with Crippen LogP contribution in [0.5, 0.6) is 0 Å². The van der Waals surface area contributed by atoms with Crippen LogP contribution in [0.25, 0.3) is 0 Å². The maximum atomic E-state index is 11.7. The van der Waals surface area contributed by atoms with Crippen LogP contribution < -0.4 is 5.32 Å². The quantitative estimate of drug-likeness (QED) is 0.267. The Morgan fingerprint density at radius 2 is 1.52 bits per heavy atom. The van der Waals surface area contributed by atoms with Gasteiger partial charge in [0.15, 0.2) is 0 Å². The van der Waals surface area contributed by atoms with Crippen LogP contribution in [0.1, 0.15) is 64.0 Å². The van der Waals surface area contributed by atoms with Gasteiger partial charge in [-0.15, -0.1) is 0 Å². The molecule has 0 saturated heterocycles. The number of hydrogen-bond donors (Lipinski definition) is 2. The van der Waals surface area contributed by atoms with Gasteiger partial charge in [0.05, 0.1) is 6.33 Å². The van der Waals surface area contributed by atoms with Gasteiger partial charge < -0.3 is 10.3 Å². The van der Waals surface area contributed by atoms with Gasteiger partial charge in [-0.25, -0.2) is 4.98 Å². The number of aromatic nitrogens is 2. The predicted octanol–water partition coefficient (Wildman–Crippen LogP) is 5.99. The van der Waals surface area contributed by atoms with Gasteiger partial charge in [0, 0.05) is 31.3 Å². The zero-order chi connectivity index (χ0) is 20.8. The van der Waals surface area contributed by atoms with Gasteiger partial charge in [-0.2, -0.15) is 0 Å². The molecule has 0 unspecified atom stereocenters. The van der Waals surface area contributed by atoms with E-state index in [0.29, 0.717) is 13.0 Å². The minimum atomic E-state index is 0.122. The average molecular weight is 396 g/mol. The van der Waals surface area contributed by atoms with Crippen molar-refractivity contribution in [3.63, 3.8) is 0 Å². The predicted molar refractivity (Wildman–Crippen MR) is 124 cm³/mol. The number of rotatable bonds is 16. The molecule has 0 fully saturated rings. The molecule has 1 aromatic heterocycles. The maximum absolute atomic E-state index is 11.7. The van der Waals surface area contributed by atoms with E-state index in [9.17, 15) is 4.79 Å². The van der Waals surface area contributed by atoms with E-state index in [1.54, 1.807) is 12.5 Å². The fourth-order valence-corrected chi connectivity index (χ4v) is 2.60. The molecule has 0 aliphatic carbocycles. The Bertz CT molecular complexity index is 652. The molecule has 0 atom stereocenters. The maximum Gasteiger partial charge on any atom is 0.220 e. The van der Waals surface area contributed by atoms with Crippen molar-refractivity contribution in [1.82, 2.24) is 15.3 Å². The molecule has 2 N–H and O–H groups in total. The highest BCUT2D eigenvalue weighted by Crippen LogP contribution is 2.00. The van der Waals surface area contributed by atoms with E-state index in [2.05, 4.69) is 83.0 Å². The second-order valence-electron chi connectivity index (χ2n) is 6.78. The van der Waals surface area contributed by atoms with Crippen molar-refractivity contribution in [2.75, 3.05) is 6.54 Å². The van der Waals surface area contributed by atoms with Gasteiger partial charge in [0.2, 0.25) is 5.91 Å². The first kappa shape index (κ1) is 24.4. The highest BCUT2D eigenvalue weighted by Gasteiger charge is 2.00. The normalized spacial score (nSPS) is 12.4. The highest BCUT2D eigenvalue weighted by atomic mass is 16.1. The summed E-state index contributed by atoms with van der Waals surface area (Å²) in [4.78, 5) is 18.7. The van der Waals surface area contributed by atoms with Gasteiger partial charge >= 0.3 is 0 Å². The zero-order valence-electron chi connectivity index (χ0n) is 17.9. The summed E-state index contributed by atoms with van der Waals surface area (Å²) in [5, 5.41) is 2.94. The van der Waals surface area contributed by atoms with E-state index in [-0.39, 0.29) is 5.91 Å². The van der Waals surface area contributed by atoms with E-state index in [1.807, 2.05) is 0 Å². The van der Waals surface area contributed by atoms with Crippen molar-refractivity contribution in [3.05, 3.63) is 79.0 Å². The molecule has 1 aromatic rings. The fourth-order valence-electron chi connectivity index (χ4n) is 2.60. The number of carbonyl (C=O) groups excluding carboxylic acids is 1. The third-order valence-electron chi connectivity index (χ3n) is 4.20. The van der Waals surface area contributed by atoms with Crippen molar-refractivity contribution in [3.8, 4) is 0 Å². The second-order valence-corrected chi connectivity index (χ2v) is 6.78. The molecule has 0 aromatic carbocycles. The van der Waals surface area contributed by atoms with Crippen LogP contribution in [0.4, 0.5) is 0 Å². The molecule has 1 heterocycles. The smallest absolute Gasteiger partial charge is 0.220 e. The van der Waals surface area contributed by atoms with Crippen molar-refractivity contribution in [1.29, 1.82) is 0 Å². The summed E-state index contributed by atoms with van der Waals surface area (Å²) in [7, 11) is 0. The lowest BCUT2D eigenvalue weighted by atomic mass is 10.2. The second kappa shape index (κ2) is 18.7. The van der Waals surface area contributed by atoms with Crippen molar-refractivity contribution in [2.45, 2.75) is 64.7 Å². The molecule has 29 heavy (non-hydrogen) atoms. The molecule has 0 bridgehead atoms. The standard InChI is InChI=1S/C25H37N3O/c1-2-3-4-5-6-7-8-9-10-11-12-13-14-15-16-17-18-19-25(29)27-21-20-24-22-26-23-28-24/h3-4,6-7,9-10,12-13,15-16,22-23H,2,5,8,11,14,17-21H2,1H3,(H,26,28)(H,27,29)/b4-3-,7-6-,10-9-,13-12-,16-15-. The summed E-state index contributed by atoms with van der Waals surface area (Å²) in [6.45, 7) is 2.81. The van der Waals surface area contributed by atoms with Gasteiger partial charge in [-0.3, -0.25) is 4.79 Å². The highest BCUT2D eigenvalue weighted by molar-refractivity contribution is 5.75. The summed E-state index contributed by atoms with van der Waals surface area (Å²) in [5.41, 5.74) is 1.05. The number of aromatic amines is 1. The van der Waals surface area contributed by atoms with Gasteiger partial charge in [0.1, 0.15) is 0 Å². The van der Waals surface area contributed by atoms with Gasteiger partial charge in [0.25, 0.3) is 0 Å². The molecule has 0 spiro atoms. The van der Waals surface area contributed by atoms with Crippen LogP contribution in [-0.4, -0.2) is 22.4 Å². The molecule has 0 saturated carbocycles. The van der Waals surface area contributed by atoms with Crippen LogP contribution in [0.2, 0.25) is 0 Å². The first-order valence-electron chi connectivity index (χ1n) is 10.8. The first-order chi connectivity index (χ1) is 14.3. The zero-order valence-corrected chi connectivity index (χ0v) is 17.9. The fraction of sp³-hybridized carbons (Fsp3) is 0.440. The van der Waals surface area contributed by atoms with E-state index in [1.165, 1.54) is 0 Å². The topological polar surface area (TPSA) is 57.8 Å². The molecule has 1 rings (SSSR count). The van der Waals surface area contributed by atoms with Crippen LogP contribution >= 0.6 is 0 Å². The minimum Gasteiger partial charge on any atom is -0.356 e. The minimum absolute atomic E-state index is 0.122. The molecule has 158 valence electrons. The van der Waals surface area contributed by atoms with Crippen LogP contribution in [0, 0.1) is 0 Å². The van der Waals surface area contributed by atoms with Crippen molar-refractivity contribution < 1.29 is 4.79 Å². The lowest BCUT2D eigenvalue weighted by molar-refractivity contribution is -0.121. The monoisotopic (exact) mass is 395 g/mol. The number of allylic oxidation sites excluding steroid dienone is 10. The van der Waals surface area contributed by atoms with E-state index < -0.39 is 0 Å². The molecule has 1 amide bonds. The molecular formula is C25H37N3O. The number of hydrogen-bond acceptors (Lipinski definition) is 2. The number of H-pyrrole nitrogens is 1. The summed E-state index contributed by atoms with van der Waals surface area (Å²) < 4.78 is 0. The summed E-state index contributed by atoms with van der Waals surface area (Å²) in [6, 6.07) is 0. The first-order valence-corrected chi connectivity index (χ1v) is 10.8. The molecule has 0 radical (unpaired) electrons.